The van der Waals surface area contributed by atoms with Crippen molar-refractivity contribution in [2.75, 3.05) is 0 Å². The van der Waals surface area contributed by atoms with Crippen molar-refractivity contribution in [1.82, 2.24) is 36.3 Å². The number of carbonyl (C=O) groups is 4. The van der Waals surface area contributed by atoms with Gasteiger partial charge in [-0.3, -0.25) is 23.9 Å². The summed E-state index contributed by atoms with van der Waals surface area (Å²) in [5, 5.41) is 19.4. The minimum atomic E-state index is -0.857. The van der Waals surface area contributed by atoms with Crippen LogP contribution < -0.4 is 21.3 Å². The van der Waals surface area contributed by atoms with E-state index in [1.165, 1.54) is 6.42 Å². The van der Waals surface area contributed by atoms with Gasteiger partial charge in [0.05, 0.1) is 12.7 Å². The Morgan fingerprint density at radius 3 is 2.42 bits per heavy atom. The summed E-state index contributed by atoms with van der Waals surface area (Å²) in [6, 6.07) is -2.31. The summed E-state index contributed by atoms with van der Waals surface area (Å²) in [6.45, 7) is 6.21. The molecule has 200 valence electrons. The van der Waals surface area contributed by atoms with Gasteiger partial charge in [0.1, 0.15) is 23.8 Å². The van der Waals surface area contributed by atoms with E-state index in [0.29, 0.717) is 37.4 Å². The first-order valence-corrected chi connectivity index (χ1v) is 13.3. The van der Waals surface area contributed by atoms with E-state index < -0.39 is 24.0 Å². The van der Waals surface area contributed by atoms with Crippen molar-refractivity contribution in [2.24, 2.45) is 11.8 Å². The fraction of sp³-hybridized carbons (Fsp3) is 0.760. The minimum Gasteiger partial charge on any atom is -0.349 e. The van der Waals surface area contributed by atoms with Gasteiger partial charge in [-0.15, -0.1) is 5.10 Å². The molecule has 1 fully saturated rings. The monoisotopic (exact) mass is 503 g/mol. The molecule has 0 saturated heterocycles. The van der Waals surface area contributed by atoms with E-state index in [4.69, 9.17) is 0 Å². The van der Waals surface area contributed by atoms with Crippen molar-refractivity contribution < 1.29 is 19.2 Å². The normalized spacial score (nSPS) is 25.8. The highest BCUT2D eigenvalue weighted by atomic mass is 16.2. The molecule has 1 aliphatic carbocycles. The number of hydrogen-bond acceptors (Lipinski definition) is 6. The molecule has 3 atom stereocenters. The largest absolute Gasteiger partial charge is 0.349 e. The molecule has 4 amide bonds. The van der Waals surface area contributed by atoms with Gasteiger partial charge in [0.25, 0.3) is 0 Å². The number of rotatable bonds is 4. The van der Waals surface area contributed by atoms with Crippen molar-refractivity contribution >= 4 is 23.6 Å². The second-order valence-electron chi connectivity index (χ2n) is 10.6. The fourth-order valence-corrected chi connectivity index (χ4v) is 4.86. The van der Waals surface area contributed by atoms with E-state index in [9.17, 15) is 19.2 Å². The molecule has 1 aromatic rings. The zero-order valence-electron chi connectivity index (χ0n) is 21.7. The predicted molar refractivity (Wildman–Crippen MR) is 133 cm³/mol. The van der Waals surface area contributed by atoms with Crippen molar-refractivity contribution in [2.45, 2.75) is 110 Å². The lowest BCUT2D eigenvalue weighted by Gasteiger charge is -2.28. The van der Waals surface area contributed by atoms with Crippen LogP contribution in [0.15, 0.2) is 6.20 Å². The molecule has 3 rings (SSSR count). The summed E-state index contributed by atoms with van der Waals surface area (Å²) in [6.07, 6.45) is 9.05. The molecule has 2 aliphatic rings. The van der Waals surface area contributed by atoms with Crippen LogP contribution in [0.5, 0.6) is 0 Å². The second kappa shape index (κ2) is 13.4. The van der Waals surface area contributed by atoms with Crippen molar-refractivity contribution in [3.05, 3.63) is 11.9 Å². The zero-order chi connectivity index (χ0) is 26.1. The maximum Gasteiger partial charge on any atom is 0.243 e. The van der Waals surface area contributed by atoms with E-state index in [1.54, 1.807) is 17.8 Å². The van der Waals surface area contributed by atoms with E-state index in [1.807, 2.05) is 13.8 Å². The Hall–Kier alpha value is -2.98. The summed E-state index contributed by atoms with van der Waals surface area (Å²) in [5.41, 5.74) is 0.594. The maximum absolute atomic E-state index is 13.2. The number of carbonyl (C=O) groups excluding carboxylic acids is 4. The molecule has 0 unspecified atom stereocenters. The van der Waals surface area contributed by atoms with Gasteiger partial charge < -0.3 is 21.3 Å². The molecule has 1 aromatic heterocycles. The SMILES string of the molecule is CC(C)C[C@H]1NC(=O)[C@@H](C)NC(=O)[C@H](CC2CCCCC2)NC(=O)CCCn2cc(nn2)CNC1=O. The van der Waals surface area contributed by atoms with E-state index in [2.05, 4.69) is 31.6 Å². The van der Waals surface area contributed by atoms with Crippen molar-refractivity contribution in [3.63, 3.8) is 0 Å². The number of amides is 4. The average Bonchev–Trinajstić information content (AvgIpc) is 3.29. The lowest BCUT2D eigenvalue weighted by atomic mass is 9.84. The first-order chi connectivity index (χ1) is 17.2. The van der Waals surface area contributed by atoms with Crippen LogP contribution in [0, 0.1) is 11.8 Å². The highest BCUT2D eigenvalue weighted by Crippen LogP contribution is 2.27. The minimum absolute atomic E-state index is 0.166. The van der Waals surface area contributed by atoms with Crippen LogP contribution in [0.4, 0.5) is 0 Å². The summed E-state index contributed by atoms with van der Waals surface area (Å²) < 4.78 is 1.64. The van der Waals surface area contributed by atoms with Gasteiger partial charge in [-0.2, -0.15) is 0 Å². The number of nitrogens with one attached hydrogen (secondary N) is 4. The topological polar surface area (TPSA) is 147 Å². The zero-order valence-corrected chi connectivity index (χ0v) is 21.7. The van der Waals surface area contributed by atoms with Crippen LogP contribution in [0.25, 0.3) is 0 Å². The third-order valence-electron chi connectivity index (χ3n) is 6.86. The third-order valence-corrected chi connectivity index (χ3v) is 6.86. The highest BCUT2D eigenvalue weighted by molar-refractivity contribution is 5.94. The molecule has 36 heavy (non-hydrogen) atoms. The number of fused-ring (bicyclic) bond motifs is 2. The van der Waals surface area contributed by atoms with Crippen molar-refractivity contribution in [3.8, 4) is 0 Å². The van der Waals surface area contributed by atoms with Crippen LogP contribution in [0.3, 0.4) is 0 Å². The smallest absolute Gasteiger partial charge is 0.243 e. The molecular weight excluding hydrogens is 462 g/mol. The van der Waals surface area contributed by atoms with Gasteiger partial charge in [-0.25, -0.2) is 0 Å². The number of aryl methyl sites for hydroxylation is 1. The van der Waals surface area contributed by atoms with Crippen LogP contribution in [0.1, 0.15) is 84.3 Å². The number of aromatic nitrogens is 3. The average molecular weight is 504 g/mol. The molecule has 4 N–H and O–H groups in total. The lowest BCUT2D eigenvalue weighted by Crippen LogP contribution is -2.56. The summed E-state index contributed by atoms with van der Waals surface area (Å²) in [4.78, 5) is 51.7. The summed E-state index contributed by atoms with van der Waals surface area (Å²) in [7, 11) is 0. The summed E-state index contributed by atoms with van der Waals surface area (Å²) in [5.74, 6) is -0.797. The molecule has 2 heterocycles. The van der Waals surface area contributed by atoms with E-state index >= 15 is 0 Å². The van der Waals surface area contributed by atoms with Gasteiger partial charge in [0.15, 0.2) is 0 Å². The molecule has 0 spiro atoms. The van der Waals surface area contributed by atoms with Gasteiger partial charge in [0.2, 0.25) is 23.6 Å². The van der Waals surface area contributed by atoms with Crippen LogP contribution >= 0.6 is 0 Å². The second-order valence-corrected chi connectivity index (χ2v) is 10.6. The first-order valence-electron chi connectivity index (χ1n) is 13.3. The Morgan fingerprint density at radius 2 is 1.69 bits per heavy atom. The van der Waals surface area contributed by atoms with Gasteiger partial charge in [-0.1, -0.05) is 51.2 Å². The van der Waals surface area contributed by atoms with Crippen LogP contribution in [-0.4, -0.2) is 56.7 Å². The predicted octanol–water partition coefficient (Wildman–Crippen LogP) is 1.18. The highest BCUT2D eigenvalue weighted by Gasteiger charge is 2.30. The fourth-order valence-electron chi connectivity index (χ4n) is 4.86. The van der Waals surface area contributed by atoms with E-state index in [0.717, 1.165) is 25.7 Å². The molecule has 0 radical (unpaired) electrons. The Labute approximate surface area is 212 Å². The number of nitrogens with zero attached hydrogens (tertiary/aromatic N) is 3. The van der Waals surface area contributed by atoms with Gasteiger partial charge >= 0.3 is 0 Å². The molecular formula is C25H41N7O4. The molecule has 0 aromatic carbocycles. The third kappa shape index (κ3) is 8.60. The molecule has 1 saturated carbocycles. The Morgan fingerprint density at radius 1 is 0.944 bits per heavy atom. The first kappa shape index (κ1) is 27.6. The van der Waals surface area contributed by atoms with Crippen LogP contribution in [0.2, 0.25) is 0 Å². The summed E-state index contributed by atoms with van der Waals surface area (Å²) >= 11 is 0. The van der Waals surface area contributed by atoms with E-state index in [-0.39, 0.29) is 36.6 Å². The molecule has 1 aliphatic heterocycles. The Bertz CT molecular complexity index is 910. The molecule has 11 nitrogen and oxygen atoms in total. The Balaban J connectivity index is 1.77. The van der Waals surface area contributed by atoms with Gasteiger partial charge in [-0.05, 0) is 38.0 Å². The Kier molecular flexibility index (Phi) is 10.2. The quantitative estimate of drug-likeness (QED) is 0.485. The lowest BCUT2D eigenvalue weighted by molar-refractivity contribution is -0.134. The molecule has 11 heteroatoms. The standard InChI is InChI=1S/C25H41N7O4/c1-16(2)12-20-24(35)26-14-19-15-32(31-30-19)11-7-10-22(33)28-21(13-18-8-5-4-6-9-18)25(36)27-17(3)23(34)29-20/h15-18,20-21H,4-14H2,1-3H3,(H,26,35)(H,27,36)(H,28,33)(H,29,34)/t17-,20-,21+/m1/s1. The van der Waals surface area contributed by atoms with Crippen molar-refractivity contribution in [1.29, 1.82) is 0 Å². The maximum atomic E-state index is 13.2. The number of hydrogen-bond donors (Lipinski definition) is 4. The molecule has 2 bridgehead atoms. The van der Waals surface area contributed by atoms with Gasteiger partial charge in [0, 0.05) is 13.0 Å². The van der Waals surface area contributed by atoms with Crippen LogP contribution in [-0.2, 0) is 32.3 Å².